The number of Topliss-reactive ketones (excluding diaryl/α,β-unsaturated/α-hetero) is 1. The molecule has 1 aromatic rings. The lowest BCUT2D eigenvalue weighted by Gasteiger charge is -2.08. The molecule has 104 valence electrons. The summed E-state index contributed by atoms with van der Waals surface area (Å²) in [6, 6.07) is 2.73. The molecule has 0 saturated carbocycles. The summed E-state index contributed by atoms with van der Waals surface area (Å²) >= 11 is 0. The molecule has 6 heteroatoms. The summed E-state index contributed by atoms with van der Waals surface area (Å²) in [5.74, 6) is 0.0195. The van der Waals surface area contributed by atoms with Gasteiger partial charge in [0, 0.05) is 12.1 Å². The van der Waals surface area contributed by atoms with Crippen molar-refractivity contribution < 1.29 is 17.8 Å². The highest BCUT2D eigenvalue weighted by Gasteiger charge is 2.13. The maximum absolute atomic E-state index is 11.1. The summed E-state index contributed by atoms with van der Waals surface area (Å²) in [7, 11) is -4.21. The zero-order valence-corrected chi connectivity index (χ0v) is 12.2. The monoisotopic (exact) mass is 283 g/mol. The van der Waals surface area contributed by atoms with Crippen molar-refractivity contribution >= 4 is 27.3 Å². The van der Waals surface area contributed by atoms with Crippen LogP contribution in [0, 0.1) is 13.8 Å². The summed E-state index contributed by atoms with van der Waals surface area (Å²) in [5, 5.41) is 0. The van der Waals surface area contributed by atoms with Gasteiger partial charge in [0.2, 0.25) is 0 Å². The fourth-order valence-corrected chi connectivity index (χ4v) is 2.48. The molecule has 0 bridgehead atoms. The van der Waals surface area contributed by atoms with Crippen LogP contribution in [0.4, 0.5) is 5.69 Å². The van der Waals surface area contributed by atoms with Gasteiger partial charge in [0.25, 0.3) is 10.1 Å². The Kier molecular flexibility index (Phi) is 4.60. The van der Waals surface area contributed by atoms with Crippen LogP contribution in [0.25, 0.3) is 0 Å². The molecule has 0 aromatic heterocycles. The quantitative estimate of drug-likeness (QED) is 0.680. The minimum absolute atomic E-state index is 0.0195. The van der Waals surface area contributed by atoms with Gasteiger partial charge in [0.1, 0.15) is 5.78 Å². The van der Waals surface area contributed by atoms with Crippen LogP contribution in [0.5, 0.6) is 0 Å². The molecule has 0 heterocycles. The lowest BCUT2D eigenvalue weighted by Crippen LogP contribution is -2.01. The Morgan fingerprint density at radius 1 is 1.21 bits per heavy atom. The Morgan fingerprint density at radius 2 is 1.68 bits per heavy atom. The van der Waals surface area contributed by atoms with Gasteiger partial charge in [-0.25, -0.2) is 0 Å². The average molecular weight is 283 g/mol. The van der Waals surface area contributed by atoms with Crippen LogP contribution >= 0.6 is 0 Å². The van der Waals surface area contributed by atoms with Crippen molar-refractivity contribution in [3.8, 4) is 0 Å². The number of hydrogen-bond acceptors (Lipinski definition) is 4. The number of benzene rings is 1. The molecule has 1 N–H and O–H groups in total. The van der Waals surface area contributed by atoms with Crippen molar-refractivity contribution in [2.75, 3.05) is 0 Å². The first-order chi connectivity index (χ1) is 8.61. The number of aliphatic imine (C=N–C) groups is 1. The second kappa shape index (κ2) is 5.63. The van der Waals surface area contributed by atoms with Gasteiger partial charge in [-0.3, -0.25) is 14.3 Å². The van der Waals surface area contributed by atoms with E-state index in [2.05, 4.69) is 4.99 Å². The molecule has 0 aliphatic rings. The Balaban J connectivity index is 3.29. The Hall–Kier alpha value is -1.53. The van der Waals surface area contributed by atoms with Crippen molar-refractivity contribution in [3.05, 3.63) is 23.3 Å². The zero-order chi connectivity index (χ0) is 14.8. The van der Waals surface area contributed by atoms with Crippen molar-refractivity contribution in [2.45, 2.75) is 39.0 Å². The molecule has 0 amide bonds. The number of carbonyl (C=O) groups excluding carboxylic acids is 1. The van der Waals surface area contributed by atoms with Gasteiger partial charge in [0.05, 0.1) is 10.6 Å². The van der Waals surface area contributed by atoms with Crippen LogP contribution < -0.4 is 0 Å². The Morgan fingerprint density at radius 3 is 2.05 bits per heavy atom. The van der Waals surface area contributed by atoms with E-state index in [0.29, 0.717) is 22.5 Å². The van der Waals surface area contributed by atoms with Gasteiger partial charge < -0.3 is 0 Å². The third-order valence-corrected chi connectivity index (χ3v) is 3.40. The van der Waals surface area contributed by atoms with E-state index < -0.39 is 10.1 Å². The van der Waals surface area contributed by atoms with Gasteiger partial charge in [-0.2, -0.15) is 8.42 Å². The molecule has 5 nitrogen and oxygen atoms in total. The highest BCUT2D eigenvalue weighted by molar-refractivity contribution is 7.85. The largest absolute Gasteiger partial charge is 0.300 e. The van der Waals surface area contributed by atoms with Gasteiger partial charge in [-0.1, -0.05) is 0 Å². The molecule has 1 aromatic carbocycles. The highest BCUT2D eigenvalue weighted by Crippen LogP contribution is 2.27. The van der Waals surface area contributed by atoms with E-state index in [1.165, 1.54) is 19.1 Å². The first-order valence-electron chi connectivity index (χ1n) is 5.73. The van der Waals surface area contributed by atoms with E-state index in [4.69, 9.17) is 4.55 Å². The SMILES string of the molecule is CC(=O)CC(C)=Nc1c(C)cc(S(=O)(=O)O)cc1C. The van der Waals surface area contributed by atoms with Gasteiger partial charge >= 0.3 is 0 Å². The second-order valence-corrected chi connectivity index (χ2v) is 6.03. The molecule has 0 radical (unpaired) electrons. The minimum Gasteiger partial charge on any atom is -0.300 e. The molecular formula is C13H17NO4S. The fraction of sp³-hybridized carbons (Fsp3) is 0.385. The number of hydrogen-bond donors (Lipinski definition) is 1. The third kappa shape index (κ3) is 4.25. The van der Waals surface area contributed by atoms with Crippen LogP contribution in [0.1, 0.15) is 31.4 Å². The summed E-state index contributed by atoms with van der Waals surface area (Å²) in [4.78, 5) is 15.2. The second-order valence-electron chi connectivity index (χ2n) is 4.61. The molecule has 0 atom stereocenters. The standard InChI is InChI=1S/C13H17NO4S/c1-8-5-12(19(16,17)18)6-9(2)13(8)14-10(3)7-11(4)15/h5-6H,7H2,1-4H3,(H,16,17,18). The molecule has 19 heavy (non-hydrogen) atoms. The molecular weight excluding hydrogens is 266 g/mol. The van der Waals surface area contributed by atoms with E-state index in [0.717, 1.165) is 0 Å². The number of ketones is 1. The lowest BCUT2D eigenvalue weighted by atomic mass is 10.1. The van der Waals surface area contributed by atoms with Gasteiger partial charge in [0.15, 0.2) is 0 Å². The zero-order valence-electron chi connectivity index (χ0n) is 11.4. The predicted octanol–water partition coefficient (Wildman–Crippen LogP) is 2.62. The number of aryl methyl sites for hydroxylation is 2. The molecule has 0 fully saturated rings. The van der Waals surface area contributed by atoms with Crippen LogP contribution in [-0.2, 0) is 14.9 Å². The lowest BCUT2D eigenvalue weighted by molar-refractivity contribution is -0.115. The van der Waals surface area contributed by atoms with E-state index in [1.54, 1.807) is 20.8 Å². The van der Waals surface area contributed by atoms with Crippen molar-refractivity contribution in [2.24, 2.45) is 4.99 Å². The van der Waals surface area contributed by atoms with Crippen molar-refractivity contribution in [1.82, 2.24) is 0 Å². The molecule has 0 saturated heterocycles. The first-order valence-corrected chi connectivity index (χ1v) is 7.17. The topological polar surface area (TPSA) is 83.8 Å². The summed E-state index contributed by atoms with van der Waals surface area (Å²) < 4.78 is 31.2. The van der Waals surface area contributed by atoms with Crippen LogP contribution in [0.15, 0.2) is 22.0 Å². The normalized spacial score (nSPS) is 12.6. The van der Waals surface area contributed by atoms with Crippen LogP contribution in [0.2, 0.25) is 0 Å². The highest BCUT2D eigenvalue weighted by atomic mass is 32.2. The summed E-state index contributed by atoms with van der Waals surface area (Å²) in [6.45, 7) is 6.65. The minimum atomic E-state index is -4.21. The first kappa shape index (κ1) is 15.5. The smallest absolute Gasteiger partial charge is 0.294 e. The van der Waals surface area contributed by atoms with Crippen molar-refractivity contribution in [1.29, 1.82) is 0 Å². The van der Waals surface area contributed by atoms with Gasteiger partial charge in [-0.05, 0) is 51.0 Å². The van der Waals surface area contributed by atoms with Crippen LogP contribution in [-0.4, -0.2) is 24.5 Å². The average Bonchev–Trinajstić information content (AvgIpc) is 2.20. The van der Waals surface area contributed by atoms with E-state index in [1.807, 2.05) is 0 Å². The fourth-order valence-electron chi connectivity index (χ4n) is 1.83. The Labute approximate surface area is 113 Å². The number of carbonyl (C=O) groups is 1. The number of nitrogens with zero attached hydrogens (tertiary/aromatic N) is 1. The molecule has 0 aliphatic carbocycles. The van der Waals surface area contributed by atoms with Gasteiger partial charge in [-0.15, -0.1) is 0 Å². The summed E-state index contributed by atoms with van der Waals surface area (Å²) in [6.07, 6.45) is 0.263. The van der Waals surface area contributed by atoms with E-state index >= 15 is 0 Å². The summed E-state index contributed by atoms with van der Waals surface area (Å²) in [5.41, 5.74) is 2.57. The molecule has 1 rings (SSSR count). The van der Waals surface area contributed by atoms with Crippen molar-refractivity contribution in [3.63, 3.8) is 0 Å². The van der Waals surface area contributed by atoms with E-state index in [-0.39, 0.29) is 17.1 Å². The van der Waals surface area contributed by atoms with E-state index in [9.17, 15) is 13.2 Å². The third-order valence-electron chi connectivity index (χ3n) is 2.57. The predicted molar refractivity (Wildman–Crippen MR) is 73.8 cm³/mol. The molecule has 0 spiro atoms. The maximum atomic E-state index is 11.1. The molecule has 0 aliphatic heterocycles. The Bertz CT molecular complexity index is 622. The maximum Gasteiger partial charge on any atom is 0.294 e. The number of rotatable bonds is 4. The van der Waals surface area contributed by atoms with Crippen LogP contribution in [0.3, 0.4) is 0 Å². The molecule has 0 unspecified atom stereocenters.